The van der Waals surface area contributed by atoms with Gasteiger partial charge in [-0.2, -0.15) is 0 Å². The molecule has 1 fully saturated rings. The highest BCUT2D eigenvalue weighted by Gasteiger charge is 2.23. The van der Waals surface area contributed by atoms with Crippen molar-refractivity contribution in [1.29, 1.82) is 0 Å². The van der Waals surface area contributed by atoms with E-state index in [2.05, 4.69) is 24.4 Å². The van der Waals surface area contributed by atoms with Crippen LogP contribution >= 0.6 is 11.6 Å². The highest BCUT2D eigenvalue weighted by molar-refractivity contribution is 6.31. The van der Waals surface area contributed by atoms with Gasteiger partial charge in [-0.1, -0.05) is 36.7 Å². The first-order valence-electron chi connectivity index (χ1n) is 5.27. The molecule has 0 bridgehead atoms. The van der Waals surface area contributed by atoms with Crippen LogP contribution in [-0.4, -0.2) is 6.54 Å². The van der Waals surface area contributed by atoms with Crippen LogP contribution in [0.25, 0.3) is 0 Å². The van der Waals surface area contributed by atoms with Gasteiger partial charge in [0.25, 0.3) is 0 Å². The summed E-state index contributed by atoms with van der Waals surface area (Å²) in [6.45, 7) is 3.40. The van der Waals surface area contributed by atoms with Crippen LogP contribution in [0.1, 0.15) is 31.4 Å². The molecule has 0 amide bonds. The lowest BCUT2D eigenvalue weighted by Crippen LogP contribution is -2.32. The Morgan fingerprint density at radius 1 is 1.36 bits per heavy atom. The van der Waals surface area contributed by atoms with Gasteiger partial charge >= 0.3 is 0 Å². The predicted octanol–water partition coefficient (Wildman–Crippen LogP) is 3.40. The number of hydrogen-bond donors (Lipinski definition) is 1. The SMILES string of the molecule is CC1CCCNC1c1ccccc1Cl. The summed E-state index contributed by atoms with van der Waals surface area (Å²) in [6.07, 6.45) is 2.57. The molecule has 0 aromatic heterocycles. The molecule has 1 aromatic carbocycles. The lowest BCUT2D eigenvalue weighted by Gasteiger charge is -2.31. The van der Waals surface area contributed by atoms with Crippen molar-refractivity contribution in [3.05, 3.63) is 34.9 Å². The van der Waals surface area contributed by atoms with Gasteiger partial charge in [0.05, 0.1) is 0 Å². The van der Waals surface area contributed by atoms with Crippen molar-refractivity contribution in [3.8, 4) is 0 Å². The van der Waals surface area contributed by atoms with E-state index in [9.17, 15) is 0 Å². The molecule has 1 aromatic rings. The third-order valence-electron chi connectivity index (χ3n) is 3.01. The minimum Gasteiger partial charge on any atom is -0.310 e. The molecule has 2 unspecified atom stereocenters. The van der Waals surface area contributed by atoms with E-state index in [0.29, 0.717) is 12.0 Å². The van der Waals surface area contributed by atoms with Crippen LogP contribution < -0.4 is 5.32 Å². The lowest BCUT2D eigenvalue weighted by atomic mass is 9.88. The normalized spacial score (nSPS) is 27.6. The van der Waals surface area contributed by atoms with Crippen LogP contribution in [0.15, 0.2) is 24.3 Å². The molecule has 2 rings (SSSR count). The van der Waals surface area contributed by atoms with Crippen LogP contribution in [-0.2, 0) is 0 Å². The molecule has 76 valence electrons. The first kappa shape index (κ1) is 10.0. The summed E-state index contributed by atoms with van der Waals surface area (Å²) >= 11 is 6.18. The maximum absolute atomic E-state index is 6.18. The average Bonchev–Trinajstić information content (AvgIpc) is 2.20. The summed E-state index contributed by atoms with van der Waals surface area (Å²) < 4.78 is 0. The van der Waals surface area contributed by atoms with E-state index in [0.717, 1.165) is 11.6 Å². The fraction of sp³-hybridized carbons (Fsp3) is 0.500. The highest BCUT2D eigenvalue weighted by atomic mass is 35.5. The van der Waals surface area contributed by atoms with Crippen LogP contribution in [0.5, 0.6) is 0 Å². The Bertz CT molecular complexity index is 311. The monoisotopic (exact) mass is 209 g/mol. The molecular formula is C12H16ClN. The van der Waals surface area contributed by atoms with E-state index in [1.807, 2.05) is 12.1 Å². The van der Waals surface area contributed by atoms with Gasteiger partial charge in [0.2, 0.25) is 0 Å². The number of rotatable bonds is 1. The molecule has 1 aliphatic heterocycles. The zero-order valence-electron chi connectivity index (χ0n) is 8.46. The van der Waals surface area contributed by atoms with Crippen molar-refractivity contribution < 1.29 is 0 Å². The van der Waals surface area contributed by atoms with Crippen LogP contribution in [0.4, 0.5) is 0 Å². The molecule has 0 aliphatic carbocycles. The largest absolute Gasteiger partial charge is 0.310 e. The third-order valence-corrected chi connectivity index (χ3v) is 3.35. The zero-order chi connectivity index (χ0) is 9.97. The first-order chi connectivity index (χ1) is 6.79. The molecule has 1 aliphatic rings. The maximum Gasteiger partial charge on any atom is 0.0453 e. The van der Waals surface area contributed by atoms with E-state index >= 15 is 0 Å². The van der Waals surface area contributed by atoms with E-state index in [1.165, 1.54) is 18.4 Å². The van der Waals surface area contributed by atoms with Gasteiger partial charge in [0.15, 0.2) is 0 Å². The second-order valence-corrected chi connectivity index (χ2v) is 4.48. The summed E-state index contributed by atoms with van der Waals surface area (Å²) in [5.41, 5.74) is 1.25. The maximum atomic E-state index is 6.18. The van der Waals surface area contributed by atoms with Crippen molar-refractivity contribution in [2.45, 2.75) is 25.8 Å². The molecule has 0 radical (unpaired) electrons. The summed E-state index contributed by atoms with van der Waals surface area (Å²) in [6, 6.07) is 8.59. The van der Waals surface area contributed by atoms with Crippen molar-refractivity contribution >= 4 is 11.6 Å². The molecule has 2 atom stereocenters. The molecule has 2 heteroatoms. The smallest absolute Gasteiger partial charge is 0.0453 e. The number of halogens is 1. The Hall–Kier alpha value is -0.530. The first-order valence-corrected chi connectivity index (χ1v) is 5.64. The van der Waals surface area contributed by atoms with Gasteiger partial charge in [0, 0.05) is 11.1 Å². The third kappa shape index (κ3) is 1.94. The summed E-state index contributed by atoms with van der Waals surface area (Å²) in [7, 11) is 0. The van der Waals surface area contributed by atoms with Crippen LogP contribution in [0.2, 0.25) is 5.02 Å². The zero-order valence-corrected chi connectivity index (χ0v) is 9.22. The Morgan fingerprint density at radius 2 is 2.14 bits per heavy atom. The van der Waals surface area contributed by atoms with Crippen LogP contribution in [0, 0.1) is 5.92 Å². The van der Waals surface area contributed by atoms with E-state index in [1.54, 1.807) is 0 Å². The van der Waals surface area contributed by atoms with Crippen molar-refractivity contribution in [3.63, 3.8) is 0 Å². The summed E-state index contributed by atoms with van der Waals surface area (Å²) in [5, 5.41) is 4.43. The van der Waals surface area contributed by atoms with E-state index in [-0.39, 0.29) is 0 Å². The molecule has 1 nitrogen and oxygen atoms in total. The molecule has 1 N–H and O–H groups in total. The van der Waals surface area contributed by atoms with E-state index in [4.69, 9.17) is 11.6 Å². The number of benzene rings is 1. The second kappa shape index (κ2) is 4.33. The number of hydrogen-bond acceptors (Lipinski definition) is 1. The van der Waals surface area contributed by atoms with Gasteiger partial charge in [-0.15, -0.1) is 0 Å². The fourth-order valence-corrected chi connectivity index (χ4v) is 2.45. The minimum absolute atomic E-state index is 0.442. The molecule has 0 saturated carbocycles. The Balaban J connectivity index is 2.25. The van der Waals surface area contributed by atoms with Gasteiger partial charge in [0.1, 0.15) is 0 Å². The van der Waals surface area contributed by atoms with E-state index < -0.39 is 0 Å². The van der Waals surface area contributed by atoms with Gasteiger partial charge < -0.3 is 5.32 Å². The van der Waals surface area contributed by atoms with Crippen LogP contribution in [0.3, 0.4) is 0 Å². The van der Waals surface area contributed by atoms with Gasteiger partial charge in [-0.05, 0) is 36.9 Å². The molecule has 1 saturated heterocycles. The molecule has 14 heavy (non-hydrogen) atoms. The fourth-order valence-electron chi connectivity index (χ4n) is 2.19. The Kier molecular flexibility index (Phi) is 3.09. The lowest BCUT2D eigenvalue weighted by molar-refractivity contribution is 0.306. The van der Waals surface area contributed by atoms with Crippen molar-refractivity contribution in [2.24, 2.45) is 5.92 Å². The number of nitrogens with one attached hydrogen (secondary N) is 1. The predicted molar refractivity (Wildman–Crippen MR) is 60.6 cm³/mol. The van der Waals surface area contributed by atoms with Crippen molar-refractivity contribution in [1.82, 2.24) is 5.32 Å². The minimum atomic E-state index is 0.442. The number of piperidine rings is 1. The van der Waals surface area contributed by atoms with Crippen molar-refractivity contribution in [2.75, 3.05) is 6.54 Å². The Morgan fingerprint density at radius 3 is 2.86 bits per heavy atom. The second-order valence-electron chi connectivity index (χ2n) is 4.07. The molecule has 1 heterocycles. The Labute approximate surface area is 90.5 Å². The quantitative estimate of drug-likeness (QED) is 0.748. The summed E-state index contributed by atoms with van der Waals surface area (Å²) in [5.74, 6) is 0.684. The average molecular weight is 210 g/mol. The summed E-state index contributed by atoms with van der Waals surface area (Å²) in [4.78, 5) is 0. The molecular weight excluding hydrogens is 194 g/mol. The standard InChI is InChI=1S/C12H16ClN/c1-9-5-4-8-14-12(9)10-6-2-3-7-11(10)13/h2-3,6-7,9,12,14H,4-5,8H2,1H3. The molecule has 0 spiro atoms. The topological polar surface area (TPSA) is 12.0 Å². The van der Waals surface area contributed by atoms with Gasteiger partial charge in [-0.3, -0.25) is 0 Å². The van der Waals surface area contributed by atoms with Gasteiger partial charge in [-0.25, -0.2) is 0 Å². The highest BCUT2D eigenvalue weighted by Crippen LogP contribution is 2.32.